The number of halogens is 1. The Hall–Kier alpha value is -1.62. The SMILES string of the molecule is CC(NCCCC(=O)NC1CC1)c1cc(F)ccc1O. The number of nitrogens with one attached hydrogen (secondary N) is 2. The van der Waals surface area contributed by atoms with Crippen LogP contribution in [0.5, 0.6) is 5.75 Å². The molecule has 0 aromatic heterocycles. The molecule has 4 nitrogen and oxygen atoms in total. The monoisotopic (exact) mass is 280 g/mol. The number of carbonyl (C=O) groups excluding carboxylic acids is 1. The molecule has 2 rings (SSSR count). The van der Waals surface area contributed by atoms with Crippen molar-refractivity contribution in [2.45, 2.75) is 44.7 Å². The van der Waals surface area contributed by atoms with Gasteiger partial charge in [-0.1, -0.05) is 0 Å². The number of amides is 1. The second kappa shape index (κ2) is 6.70. The molecule has 3 N–H and O–H groups in total. The fourth-order valence-electron chi connectivity index (χ4n) is 2.08. The molecule has 1 aromatic carbocycles. The van der Waals surface area contributed by atoms with Gasteiger partial charge in [0.1, 0.15) is 11.6 Å². The standard InChI is InChI=1S/C15H21FN2O2/c1-10(13-9-11(16)4-7-14(13)19)17-8-2-3-15(20)18-12-5-6-12/h4,7,9-10,12,17,19H,2-3,5-6,8H2,1H3,(H,18,20). The molecule has 1 atom stereocenters. The van der Waals surface area contributed by atoms with Crippen molar-refractivity contribution in [3.05, 3.63) is 29.6 Å². The van der Waals surface area contributed by atoms with E-state index in [-0.39, 0.29) is 23.5 Å². The van der Waals surface area contributed by atoms with Crippen molar-refractivity contribution in [2.24, 2.45) is 0 Å². The Balaban J connectivity index is 1.70. The second-order valence-corrected chi connectivity index (χ2v) is 5.32. The summed E-state index contributed by atoms with van der Waals surface area (Å²) in [7, 11) is 0. The average Bonchev–Trinajstić information content (AvgIpc) is 3.21. The Morgan fingerprint density at radius 2 is 2.25 bits per heavy atom. The molecule has 0 radical (unpaired) electrons. The number of hydrogen-bond donors (Lipinski definition) is 3. The summed E-state index contributed by atoms with van der Waals surface area (Å²) < 4.78 is 13.1. The normalized spacial score (nSPS) is 15.9. The fraction of sp³-hybridized carbons (Fsp3) is 0.533. The van der Waals surface area contributed by atoms with E-state index in [0.29, 0.717) is 24.6 Å². The highest BCUT2D eigenvalue weighted by Crippen LogP contribution is 2.24. The van der Waals surface area contributed by atoms with Gasteiger partial charge in [-0.2, -0.15) is 0 Å². The summed E-state index contributed by atoms with van der Waals surface area (Å²) in [5.74, 6) is -0.191. The fourth-order valence-corrected chi connectivity index (χ4v) is 2.08. The van der Waals surface area contributed by atoms with Crippen molar-refractivity contribution in [3.63, 3.8) is 0 Å². The van der Waals surface area contributed by atoms with Crippen molar-refractivity contribution in [3.8, 4) is 5.75 Å². The third kappa shape index (κ3) is 4.49. The second-order valence-electron chi connectivity index (χ2n) is 5.32. The first-order valence-electron chi connectivity index (χ1n) is 7.07. The van der Waals surface area contributed by atoms with E-state index in [2.05, 4.69) is 10.6 Å². The largest absolute Gasteiger partial charge is 0.508 e. The molecule has 1 saturated carbocycles. The minimum absolute atomic E-state index is 0.0814. The third-order valence-electron chi connectivity index (χ3n) is 3.43. The van der Waals surface area contributed by atoms with Crippen molar-refractivity contribution in [1.29, 1.82) is 0 Å². The van der Waals surface area contributed by atoms with Gasteiger partial charge >= 0.3 is 0 Å². The van der Waals surface area contributed by atoms with Gasteiger partial charge in [0.25, 0.3) is 0 Å². The molecule has 1 aliphatic rings. The van der Waals surface area contributed by atoms with Crippen LogP contribution in [0.2, 0.25) is 0 Å². The van der Waals surface area contributed by atoms with Gasteiger partial charge in [-0.15, -0.1) is 0 Å². The molecule has 20 heavy (non-hydrogen) atoms. The van der Waals surface area contributed by atoms with E-state index >= 15 is 0 Å². The van der Waals surface area contributed by atoms with E-state index in [1.54, 1.807) is 0 Å². The molecular weight excluding hydrogens is 259 g/mol. The molecule has 110 valence electrons. The highest BCUT2D eigenvalue weighted by molar-refractivity contribution is 5.76. The zero-order chi connectivity index (χ0) is 14.5. The zero-order valence-corrected chi connectivity index (χ0v) is 11.7. The topological polar surface area (TPSA) is 61.4 Å². The van der Waals surface area contributed by atoms with Gasteiger partial charge in [-0.25, -0.2) is 4.39 Å². The van der Waals surface area contributed by atoms with Crippen LogP contribution in [0.3, 0.4) is 0 Å². The van der Waals surface area contributed by atoms with Gasteiger partial charge in [0.05, 0.1) is 0 Å². The number of aromatic hydroxyl groups is 1. The summed E-state index contributed by atoms with van der Waals surface area (Å²) in [6.07, 6.45) is 3.41. The Kier molecular flexibility index (Phi) is 4.95. The van der Waals surface area contributed by atoms with Gasteiger partial charge in [0.2, 0.25) is 5.91 Å². The molecule has 1 aromatic rings. The van der Waals surface area contributed by atoms with Crippen molar-refractivity contribution in [1.82, 2.24) is 10.6 Å². The van der Waals surface area contributed by atoms with Crippen LogP contribution < -0.4 is 10.6 Å². The van der Waals surface area contributed by atoms with Gasteiger partial charge in [-0.05, 0) is 50.9 Å². The quantitative estimate of drug-likeness (QED) is 0.671. The molecule has 0 heterocycles. The molecule has 0 aliphatic heterocycles. The minimum atomic E-state index is -0.365. The van der Waals surface area contributed by atoms with Crippen LogP contribution in [0.1, 0.15) is 44.2 Å². The summed E-state index contributed by atoms with van der Waals surface area (Å²) in [6, 6.07) is 4.16. The van der Waals surface area contributed by atoms with E-state index in [1.807, 2.05) is 6.92 Å². The maximum absolute atomic E-state index is 13.1. The first kappa shape index (κ1) is 14.8. The van der Waals surface area contributed by atoms with Crippen LogP contribution in [-0.4, -0.2) is 23.6 Å². The molecule has 0 spiro atoms. The lowest BCUT2D eigenvalue weighted by Crippen LogP contribution is -2.27. The first-order valence-corrected chi connectivity index (χ1v) is 7.07. The molecule has 0 saturated heterocycles. The van der Waals surface area contributed by atoms with Crippen LogP contribution in [0.4, 0.5) is 4.39 Å². The summed E-state index contributed by atoms with van der Waals surface area (Å²) in [4.78, 5) is 11.5. The van der Waals surface area contributed by atoms with E-state index in [4.69, 9.17) is 0 Å². The Morgan fingerprint density at radius 1 is 1.50 bits per heavy atom. The molecule has 1 amide bonds. The van der Waals surface area contributed by atoms with Crippen LogP contribution in [0.25, 0.3) is 0 Å². The van der Waals surface area contributed by atoms with Crippen molar-refractivity contribution in [2.75, 3.05) is 6.54 Å². The number of rotatable bonds is 7. The molecule has 1 fully saturated rings. The van der Waals surface area contributed by atoms with Crippen LogP contribution in [-0.2, 0) is 4.79 Å². The van der Waals surface area contributed by atoms with Gasteiger partial charge in [0, 0.05) is 24.1 Å². The number of hydrogen-bond acceptors (Lipinski definition) is 3. The molecular formula is C15H21FN2O2. The lowest BCUT2D eigenvalue weighted by molar-refractivity contribution is -0.121. The van der Waals surface area contributed by atoms with Gasteiger partial charge < -0.3 is 15.7 Å². The van der Waals surface area contributed by atoms with Gasteiger partial charge in [-0.3, -0.25) is 4.79 Å². The van der Waals surface area contributed by atoms with E-state index in [9.17, 15) is 14.3 Å². The number of phenols is 1. The molecule has 1 aliphatic carbocycles. The summed E-state index contributed by atoms with van der Waals surface area (Å²) in [5, 5.41) is 15.8. The first-order chi connectivity index (χ1) is 9.56. The summed E-state index contributed by atoms with van der Waals surface area (Å²) >= 11 is 0. The Bertz CT molecular complexity index is 475. The average molecular weight is 280 g/mol. The van der Waals surface area contributed by atoms with Crippen LogP contribution in [0.15, 0.2) is 18.2 Å². The zero-order valence-electron chi connectivity index (χ0n) is 11.7. The Labute approximate surface area is 118 Å². The number of phenolic OH excluding ortho intramolecular Hbond substituents is 1. The predicted molar refractivity (Wildman–Crippen MR) is 74.9 cm³/mol. The van der Waals surface area contributed by atoms with Crippen molar-refractivity contribution < 1.29 is 14.3 Å². The van der Waals surface area contributed by atoms with E-state index in [0.717, 1.165) is 19.3 Å². The Morgan fingerprint density at radius 3 is 2.95 bits per heavy atom. The smallest absolute Gasteiger partial charge is 0.220 e. The molecule has 1 unspecified atom stereocenters. The van der Waals surface area contributed by atoms with Gasteiger partial charge in [0.15, 0.2) is 0 Å². The van der Waals surface area contributed by atoms with Crippen LogP contribution >= 0.6 is 0 Å². The maximum Gasteiger partial charge on any atom is 0.220 e. The number of carbonyl (C=O) groups is 1. The molecule has 0 bridgehead atoms. The third-order valence-corrected chi connectivity index (χ3v) is 3.43. The maximum atomic E-state index is 13.1. The predicted octanol–water partition coefficient (Wildman–Crippen LogP) is 2.24. The van der Waals surface area contributed by atoms with E-state index in [1.165, 1.54) is 18.2 Å². The highest BCUT2D eigenvalue weighted by Gasteiger charge is 2.22. The number of benzene rings is 1. The van der Waals surface area contributed by atoms with E-state index < -0.39 is 0 Å². The molecule has 5 heteroatoms. The van der Waals surface area contributed by atoms with Crippen molar-refractivity contribution >= 4 is 5.91 Å². The lowest BCUT2D eigenvalue weighted by Gasteiger charge is -2.15. The summed E-state index contributed by atoms with van der Waals surface area (Å²) in [6.45, 7) is 2.51. The minimum Gasteiger partial charge on any atom is -0.508 e. The van der Waals surface area contributed by atoms with Crippen LogP contribution in [0, 0.1) is 5.82 Å². The highest BCUT2D eigenvalue weighted by atomic mass is 19.1. The summed E-state index contributed by atoms with van der Waals surface area (Å²) in [5.41, 5.74) is 0.535. The lowest BCUT2D eigenvalue weighted by atomic mass is 10.1.